The van der Waals surface area contributed by atoms with Gasteiger partial charge < -0.3 is 5.32 Å². The quantitative estimate of drug-likeness (QED) is 0.324. The molecule has 2 fully saturated rings. The molecular weight excluding hydrogens is 432 g/mol. The van der Waals surface area contributed by atoms with Crippen LogP contribution < -0.4 is 5.32 Å². The predicted molar refractivity (Wildman–Crippen MR) is 148 cm³/mol. The van der Waals surface area contributed by atoms with E-state index in [0.29, 0.717) is 5.92 Å². The molecule has 0 aromatic heterocycles. The molecule has 2 amide bonds. The molecule has 0 bridgehead atoms. The van der Waals surface area contributed by atoms with Crippen molar-refractivity contribution in [1.82, 2.24) is 10.2 Å². The number of hydrogen-bond donors (Lipinski definition) is 1. The highest BCUT2D eigenvalue weighted by molar-refractivity contribution is 6.05. The van der Waals surface area contributed by atoms with Crippen molar-refractivity contribution in [2.24, 2.45) is 34.0 Å². The van der Waals surface area contributed by atoms with Gasteiger partial charge in [0.25, 0.3) is 0 Å². The summed E-state index contributed by atoms with van der Waals surface area (Å²) >= 11 is 0. The minimum Gasteiger partial charge on any atom is -0.307 e. The van der Waals surface area contributed by atoms with Gasteiger partial charge in [-0.1, -0.05) is 74.0 Å². The second-order valence-electron chi connectivity index (χ2n) is 16.3. The molecule has 2 aliphatic heterocycles. The van der Waals surface area contributed by atoms with Crippen molar-refractivity contribution >= 4 is 11.8 Å². The molecule has 35 heavy (non-hydrogen) atoms. The molecule has 1 N–H and O–H groups in total. The molecular formula is C31H56N2O2. The van der Waals surface area contributed by atoms with E-state index in [0.717, 1.165) is 25.7 Å². The number of carbonyl (C=O) groups is 2. The lowest BCUT2D eigenvalue weighted by atomic mass is 9.66. The summed E-state index contributed by atoms with van der Waals surface area (Å²) in [5, 5.41) is 3.70. The van der Waals surface area contributed by atoms with E-state index < -0.39 is 0 Å². The molecule has 0 spiro atoms. The van der Waals surface area contributed by atoms with Crippen LogP contribution >= 0.6 is 0 Å². The van der Waals surface area contributed by atoms with Crippen LogP contribution in [0.5, 0.6) is 0 Å². The summed E-state index contributed by atoms with van der Waals surface area (Å²) < 4.78 is 0. The SMILES string of the molecule is C/C(=C\C(C)(C)C)CC(CC1C(=O)N(C2CC(C)(C)NC(C)(C)C2)C(=O)C1C(C)(C)C)C(C)(C)C. The standard InChI is InChI=1S/C31H56N2O2/c1-20(17-27(2,3)4)15-21(28(5,6)7)16-23-24(29(8,9)10)26(35)33(25(23)34)22-18-30(11,12)32-31(13,14)19-22/h17,21-24,32H,15-16,18-19H2,1-14H3/b20-17+. The van der Waals surface area contributed by atoms with Crippen molar-refractivity contribution in [1.29, 1.82) is 0 Å². The van der Waals surface area contributed by atoms with Gasteiger partial charge in [0.15, 0.2) is 0 Å². The van der Waals surface area contributed by atoms with Crippen LogP contribution in [0.4, 0.5) is 0 Å². The maximum atomic E-state index is 14.1. The van der Waals surface area contributed by atoms with Crippen LogP contribution in [0.25, 0.3) is 0 Å². The van der Waals surface area contributed by atoms with Crippen molar-refractivity contribution in [3.63, 3.8) is 0 Å². The zero-order chi connectivity index (χ0) is 27.4. The Hall–Kier alpha value is -1.16. The number of imide groups is 1. The van der Waals surface area contributed by atoms with E-state index in [1.807, 2.05) is 0 Å². The maximum Gasteiger partial charge on any atom is 0.233 e. The number of carbonyl (C=O) groups excluding carboxylic acids is 2. The van der Waals surface area contributed by atoms with Gasteiger partial charge in [0.2, 0.25) is 11.8 Å². The van der Waals surface area contributed by atoms with Crippen LogP contribution in [0.2, 0.25) is 0 Å². The molecule has 202 valence electrons. The minimum absolute atomic E-state index is 0.0465. The summed E-state index contributed by atoms with van der Waals surface area (Å²) in [5.74, 6) is -0.0718. The third-order valence-corrected chi connectivity index (χ3v) is 7.94. The molecule has 2 aliphatic rings. The van der Waals surface area contributed by atoms with E-state index in [9.17, 15) is 9.59 Å². The Labute approximate surface area is 217 Å². The van der Waals surface area contributed by atoms with Crippen LogP contribution in [-0.4, -0.2) is 33.8 Å². The summed E-state index contributed by atoms with van der Waals surface area (Å²) in [6.07, 6.45) is 5.68. The summed E-state index contributed by atoms with van der Waals surface area (Å²) in [7, 11) is 0. The number of piperidine rings is 1. The molecule has 4 nitrogen and oxygen atoms in total. The largest absolute Gasteiger partial charge is 0.307 e. The fraction of sp³-hybridized carbons (Fsp3) is 0.871. The molecule has 2 saturated heterocycles. The molecule has 4 heteroatoms. The van der Waals surface area contributed by atoms with Gasteiger partial charge >= 0.3 is 0 Å². The van der Waals surface area contributed by atoms with Gasteiger partial charge in [-0.25, -0.2) is 0 Å². The number of hydrogen-bond acceptors (Lipinski definition) is 3. The summed E-state index contributed by atoms with van der Waals surface area (Å²) in [5.41, 5.74) is 1.05. The molecule has 2 rings (SSSR count). The molecule has 0 aliphatic carbocycles. The average molecular weight is 489 g/mol. The van der Waals surface area contributed by atoms with Gasteiger partial charge in [0, 0.05) is 17.1 Å². The average Bonchev–Trinajstić information content (AvgIpc) is 2.78. The van der Waals surface area contributed by atoms with E-state index in [1.54, 1.807) is 4.90 Å². The van der Waals surface area contributed by atoms with Crippen LogP contribution in [0, 0.1) is 34.0 Å². The van der Waals surface area contributed by atoms with Crippen molar-refractivity contribution in [3.05, 3.63) is 11.6 Å². The molecule has 3 atom stereocenters. The fourth-order valence-electron chi connectivity index (χ4n) is 7.01. The first kappa shape index (κ1) is 30.1. The Balaban J connectivity index is 2.44. The zero-order valence-corrected chi connectivity index (χ0v) is 25.5. The fourth-order valence-corrected chi connectivity index (χ4v) is 7.01. The highest BCUT2D eigenvalue weighted by Crippen LogP contribution is 2.48. The lowest BCUT2D eigenvalue weighted by Crippen LogP contribution is -2.63. The van der Waals surface area contributed by atoms with Crippen LogP contribution in [-0.2, 0) is 9.59 Å². The third kappa shape index (κ3) is 7.66. The predicted octanol–water partition coefficient (Wildman–Crippen LogP) is 7.38. The van der Waals surface area contributed by atoms with Crippen molar-refractivity contribution < 1.29 is 9.59 Å². The topological polar surface area (TPSA) is 49.4 Å². The van der Waals surface area contributed by atoms with E-state index >= 15 is 0 Å². The monoisotopic (exact) mass is 488 g/mol. The van der Waals surface area contributed by atoms with E-state index in [-0.39, 0.29) is 57.0 Å². The van der Waals surface area contributed by atoms with Gasteiger partial charge in [-0.05, 0) is 82.5 Å². The smallest absolute Gasteiger partial charge is 0.233 e. The molecule has 0 aromatic carbocycles. The van der Waals surface area contributed by atoms with Gasteiger partial charge in [-0.2, -0.15) is 0 Å². The lowest BCUT2D eigenvalue weighted by Gasteiger charge is -2.48. The summed E-state index contributed by atoms with van der Waals surface area (Å²) in [4.78, 5) is 29.9. The summed E-state index contributed by atoms with van der Waals surface area (Å²) in [6, 6.07) is -0.0493. The highest BCUT2D eigenvalue weighted by atomic mass is 16.2. The number of amides is 2. The molecule has 3 unspecified atom stereocenters. The number of rotatable bonds is 5. The first-order valence-electron chi connectivity index (χ1n) is 13.8. The number of nitrogens with one attached hydrogen (secondary N) is 1. The maximum absolute atomic E-state index is 14.1. The van der Waals surface area contributed by atoms with E-state index in [1.165, 1.54) is 5.57 Å². The summed E-state index contributed by atoms with van der Waals surface area (Å²) in [6.45, 7) is 30.9. The van der Waals surface area contributed by atoms with Crippen LogP contribution in [0.15, 0.2) is 11.6 Å². The van der Waals surface area contributed by atoms with E-state index in [2.05, 4.69) is 108 Å². The second-order valence-corrected chi connectivity index (χ2v) is 16.3. The van der Waals surface area contributed by atoms with Gasteiger partial charge in [-0.3, -0.25) is 14.5 Å². The van der Waals surface area contributed by atoms with Crippen LogP contribution in [0.3, 0.4) is 0 Å². The molecule has 0 aromatic rings. The highest BCUT2D eigenvalue weighted by Gasteiger charge is 2.56. The number of nitrogens with zero attached hydrogens (tertiary/aromatic N) is 1. The Bertz CT molecular complexity index is 814. The Morgan fingerprint density at radius 2 is 1.43 bits per heavy atom. The van der Waals surface area contributed by atoms with Gasteiger partial charge in [-0.15, -0.1) is 0 Å². The third-order valence-electron chi connectivity index (χ3n) is 7.94. The Kier molecular flexibility index (Phi) is 8.26. The second kappa shape index (κ2) is 9.62. The molecule has 2 heterocycles. The van der Waals surface area contributed by atoms with Crippen molar-refractivity contribution in [3.8, 4) is 0 Å². The molecule has 0 radical (unpaired) electrons. The number of likely N-dealkylation sites (tertiary alicyclic amines) is 1. The lowest BCUT2D eigenvalue weighted by molar-refractivity contribution is -0.145. The normalized spacial score (nSPS) is 27.5. The van der Waals surface area contributed by atoms with Crippen LogP contribution in [0.1, 0.15) is 123 Å². The minimum atomic E-state index is -0.270. The Morgan fingerprint density at radius 3 is 1.83 bits per heavy atom. The Morgan fingerprint density at radius 1 is 0.943 bits per heavy atom. The van der Waals surface area contributed by atoms with Crippen molar-refractivity contribution in [2.75, 3.05) is 0 Å². The number of allylic oxidation sites excluding steroid dienone is 2. The van der Waals surface area contributed by atoms with Gasteiger partial charge in [0.1, 0.15) is 0 Å². The zero-order valence-electron chi connectivity index (χ0n) is 25.5. The van der Waals surface area contributed by atoms with Crippen molar-refractivity contribution in [2.45, 2.75) is 140 Å². The van der Waals surface area contributed by atoms with E-state index in [4.69, 9.17) is 0 Å². The first-order chi connectivity index (χ1) is 15.4. The van der Waals surface area contributed by atoms with Gasteiger partial charge in [0.05, 0.1) is 11.8 Å². The first-order valence-corrected chi connectivity index (χ1v) is 13.8. The molecule has 0 saturated carbocycles.